The first-order valence-corrected chi connectivity index (χ1v) is 5.15. The first-order valence-electron chi connectivity index (χ1n) is 5.15. The third-order valence-corrected chi connectivity index (χ3v) is 1.86. The minimum atomic E-state index is -0.662. The number of carbonyl (C=O) groups is 2. The first kappa shape index (κ1) is 13.6. The Morgan fingerprint density at radius 3 is 2.72 bits per heavy atom. The van der Waals surface area contributed by atoms with E-state index < -0.39 is 5.97 Å². The number of hydrogen-bond acceptors (Lipinski definition) is 6. The van der Waals surface area contributed by atoms with Gasteiger partial charge >= 0.3 is 5.97 Å². The minimum Gasteiger partial charge on any atom is -0.464 e. The molecular formula is C11H14N4O3. The van der Waals surface area contributed by atoms with E-state index >= 15 is 0 Å². The summed E-state index contributed by atoms with van der Waals surface area (Å²) in [5, 5.41) is 5.05. The fourth-order valence-corrected chi connectivity index (χ4v) is 1.10. The van der Waals surface area contributed by atoms with E-state index in [1.165, 1.54) is 20.2 Å². The van der Waals surface area contributed by atoms with Gasteiger partial charge in [-0.1, -0.05) is 0 Å². The van der Waals surface area contributed by atoms with Crippen LogP contribution in [0.4, 0.5) is 5.95 Å². The molecule has 0 aliphatic rings. The molecule has 0 bridgehead atoms. The zero-order chi connectivity index (χ0) is 13.5. The van der Waals surface area contributed by atoms with Crippen molar-refractivity contribution in [3.05, 3.63) is 29.9 Å². The number of anilines is 1. The van der Waals surface area contributed by atoms with Crippen LogP contribution >= 0.6 is 0 Å². The first-order chi connectivity index (χ1) is 8.52. The summed E-state index contributed by atoms with van der Waals surface area (Å²) in [6.07, 6.45) is 2.86. The predicted octanol–water partition coefficient (Wildman–Crippen LogP) is 0.347. The molecule has 1 rings (SSSR count). The summed E-state index contributed by atoms with van der Waals surface area (Å²) in [4.78, 5) is 30.3. The maximum atomic E-state index is 11.3. The van der Waals surface area contributed by atoms with E-state index in [9.17, 15) is 9.59 Å². The van der Waals surface area contributed by atoms with Gasteiger partial charge in [-0.3, -0.25) is 4.79 Å². The molecule has 0 fully saturated rings. The number of amides is 1. The van der Waals surface area contributed by atoms with Gasteiger partial charge in [0, 0.05) is 25.0 Å². The van der Waals surface area contributed by atoms with E-state index in [1.807, 2.05) is 6.92 Å². The van der Waals surface area contributed by atoms with Crippen molar-refractivity contribution in [3.8, 4) is 0 Å². The van der Waals surface area contributed by atoms with Gasteiger partial charge in [0.2, 0.25) is 11.9 Å². The van der Waals surface area contributed by atoms with Crippen LogP contribution in [0, 0.1) is 6.92 Å². The molecular weight excluding hydrogens is 236 g/mol. The van der Waals surface area contributed by atoms with Crippen LogP contribution in [0.5, 0.6) is 0 Å². The van der Waals surface area contributed by atoms with Crippen molar-refractivity contribution in [1.29, 1.82) is 0 Å². The molecule has 96 valence electrons. The predicted molar refractivity (Wildman–Crippen MR) is 64.3 cm³/mol. The largest absolute Gasteiger partial charge is 0.464 e. The Kier molecular flexibility index (Phi) is 4.79. The Labute approximate surface area is 104 Å². The molecule has 0 radical (unpaired) electrons. The van der Waals surface area contributed by atoms with Crippen molar-refractivity contribution < 1.29 is 14.3 Å². The normalized spacial score (nSPS) is 10.7. The van der Waals surface area contributed by atoms with Crippen molar-refractivity contribution in [2.45, 2.75) is 13.8 Å². The molecule has 0 aromatic carbocycles. The van der Waals surface area contributed by atoms with Crippen LogP contribution in [-0.4, -0.2) is 29.0 Å². The molecule has 0 saturated carbocycles. The van der Waals surface area contributed by atoms with Crippen LogP contribution < -0.4 is 10.6 Å². The van der Waals surface area contributed by atoms with Gasteiger partial charge in [0.15, 0.2) is 0 Å². The average molecular weight is 250 g/mol. The number of aromatic nitrogens is 2. The zero-order valence-corrected chi connectivity index (χ0v) is 10.4. The Morgan fingerprint density at radius 1 is 1.44 bits per heavy atom. The van der Waals surface area contributed by atoms with Gasteiger partial charge in [-0.2, -0.15) is 0 Å². The van der Waals surface area contributed by atoms with E-state index in [4.69, 9.17) is 0 Å². The van der Waals surface area contributed by atoms with Crippen molar-refractivity contribution >= 4 is 17.8 Å². The fraction of sp³-hybridized carbons (Fsp3) is 0.273. The van der Waals surface area contributed by atoms with Crippen LogP contribution in [0.25, 0.3) is 0 Å². The molecule has 2 N–H and O–H groups in total. The Morgan fingerprint density at radius 2 is 2.17 bits per heavy atom. The van der Waals surface area contributed by atoms with Gasteiger partial charge in [0.05, 0.1) is 7.11 Å². The number of aryl methyl sites for hydroxylation is 1. The van der Waals surface area contributed by atoms with Crippen LogP contribution in [0.3, 0.4) is 0 Å². The molecule has 0 atom stereocenters. The van der Waals surface area contributed by atoms with Crippen molar-refractivity contribution in [3.63, 3.8) is 0 Å². The van der Waals surface area contributed by atoms with Gasteiger partial charge in [0.1, 0.15) is 5.70 Å². The average Bonchev–Trinajstić information content (AvgIpc) is 2.33. The highest BCUT2D eigenvalue weighted by atomic mass is 16.5. The summed E-state index contributed by atoms with van der Waals surface area (Å²) in [5.41, 5.74) is 0.759. The molecule has 0 aliphatic heterocycles. The third-order valence-electron chi connectivity index (χ3n) is 1.86. The second-order valence-electron chi connectivity index (χ2n) is 3.40. The Bertz CT molecular complexity index is 485. The molecule has 0 spiro atoms. The fourth-order valence-electron chi connectivity index (χ4n) is 1.10. The second-order valence-corrected chi connectivity index (χ2v) is 3.40. The van der Waals surface area contributed by atoms with Crippen LogP contribution in [-0.2, 0) is 14.3 Å². The quantitative estimate of drug-likeness (QED) is 0.591. The Hall–Kier alpha value is -2.44. The number of methoxy groups -OCH3 is 1. The minimum absolute atomic E-state index is 0.0184. The highest BCUT2D eigenvalue weighted by Crippen LogP contribution is 2.00. The van der Waals surface area contributed by atoms with Gasteiger partial charge in [0.25, 0.3) is 0 Å². The smallest absolute Gasteiger partial charge is 0.356 e. The molecule has 1 aromatic heterocycles. The number of carbonyl (C=O) groups excluding carboxylic acids is 2. The summed E-state index contributed by atoms with van der Waals surface area (Å²) in [7, 11) is 1.22. The molecule has 0 saturated heterocycles. The summed E-state index contributed by atoms with van der Waals surface area (Å²) >= 11 is 0. The number of nitrogens with zero attached hydrogens (tertiary/aromatic N) is 2. The van der Waals surface area contributed by atoms with Crippen molar-refractivity contribution in [2.75, 3.05) is 12.4 Å². The van der Waals surface area contributed by atoms with Gasteiger partial charge in [-0.25, -0.2) is 14.8 Å². The molecule has 0 unspecified atom stereocenters. The van der Waals surface area contributed by atoms with E-state index in [0.717, 1.165) is 5.69 Å². The van der Waals surface area contributed by atoms with Gasteiger partial charge in [-0.15, -0.1) is 0 Å². The molecule has 7 heteroatoms. The maximum absolute atomic E-state index is 11.3. The third kappa shape index (κ3) is 4.20. The Balaban J connectivity index is 2.82. The SMILES string of the molecule is COC(=O)/C(=C/Nc1nccc(C)n1)NC(C)=O. The topological polar surface area (TPSA) is 93.2 Å². The monoisotopic (exact) mass is 250 g/mol. The van der Waals surface area contributed by atoms with Crippen molar-refractivity contribution in [1.82, 2.24) is 15.3 Å². The summed E-state index contributed by atoms with van der Waals surface area (Å²) in [6, 6.07) is 1.74. The number of rotatable bonds is 4. The molecule has 1 heterocycles. The second kappa shape index (κ2) is 6.33. The van der Waals surface area contributed by atoms with Gasteiger partial charge in [-0.05, 0) is 13.0 Å². The zero-order valence-electron chi connectivity index (χ0n) is 10.4. The summed E-state index contributed by atoms with van der Waals surface area (Å²) < 4.78 is 4.52. The summed E-state index contributed by atoms with van der Waals surface area (Å²) in [6.45, 7) is 3.10. The summed E-state index contributed by atoms with van der Waals surface area (Å²) in [5.74, 6) is -0.717. The molecule has 1 amide bonds. The van der Waals surface area contributed by atoms with Crippen LogP contribution in [0.2, 0.25) is 0 Å². The maximum Gasteiger partial charge on any atom is 0.356 e. The molecule has 1 aromatic rings. The van der Waals surface area contributed by atoms with E-state index in [1.54, 1.807) is 12.3 Å². The van der Waals surface area contributed by atoms with E-state index in [2.05, 4.69) is 25.3 Å². The lowest BCUT2D eigenvalue weighted by atomic mass is 10.4. The number of esters is 1. The molecule has 7 nitrogen and oxygen atoms in total. The molecule has 0 aliphatic carbocycles. The van der Waals surface area contributed by atoms with E-state index in [-0.39, 0.29) is 11.6 Å². The van der Waals surface area contributed by atoms with Crippen molar-refractivity contribution in [2.24, 2.45) is 0 Å². The standard InChI is InChI=1S/C11H14N4O3/c1-7-4-5-12-11(14-7)13-6-9(10(17)18-3)15-8(2)16/h4-6H,1-3H3,(H,15,16)(H,12,13,14)/b9-6-. The lowest BCUT2D eigenvalue weighted by molar-refractivity contribution is -0.137. The lowest BCUT2D eigenvalue weighted by Gasteiger charge is -2.06. The molecule has 18 heavy (non-hydrogen) atoms. The van der Waals surface area contributed by atoms with Crippen LogP contribution in [0.15, 0.2) is 24.2 Å². The lowest BCUT2D eigenvalue weighted by Crippen LogP contribution is -2.26. The number of ether oxygens (including phenoxy) is 1. The van der Waals surface area contributed by atoms with E-state index in [0.29, 0.717) is 5.95 Å². The van der Waals surface area contributed by atoms with Gasteiger partial charge < -0.3 is 15.4 Å². The number of hydrogen-bond donors (Lipinski definition) is 2. The highest BCUT2D eigenvalue weighted by molar-refractivity contribution is 5.93. The highest BCUT2D eigenvalue weighted by Gasteiger charge is 2.10. The number of nitrogens with one attached hydrogen (secondary N) is 2. The van der Waals surface area contributed by atoms with Crippen LogP contribution in [0.1, 0.15) is 12.6 Å².